The standard InChI is InChI=1S/C12H21N3O4S/c1-12(10(13)18)4-5-15(7-12)11(19)14-8(9(16)17)3-6-20-2/h8H,3-7H2,1-2H3,(H2,13,18)(H,14,19)(H,16,17)/t8-,12?/m1/s1. The number of carboxylic acid groups (broad SMARTS) is 1. The zero-order chi connectivity index (χ0) is 15.3. The first-order valence-corrected chi connectivity index (χ1v) is 7.76. The lowest BCUT2D eigenvalue weighted by Gasteiger charge is -2.23. The normalized spacial score (nSPS) is 23.4. The highest BCUT2D eigenvalue weighted by Gasteiger charge is 2.41. The fraction of sp³-hybridized carbons (Fsp3) is 0.750. The smallest absolute Gasteiger partial charge is 0.326 e. The van der Waals surface area contributed by atoms with Gasteiger partial charge in [0, 0.05) is 13.1 Å². The first-order valence-electron chi connectivity index (χ1n) is 6.37. The van der Waals surface area contributed by atoms with Gasteiger partial charge in [-0.3, -0.25) is 4.79 Å². The highest BCUT2D eigenvalue weighted by molar-refractivity contribution is 7.98. The SMILES string of the molecule is CSCC[C@@H](NC(=O)N1CCC(C)(C(N)=O)C1)C(=O)O. The first kappa shape index (κ1) is 16.6. The van der Waals surface area contributed by atoms with Crippen LogP contribution in [0, 0.1) is 5.41 Å². The molecule has 0 aliphatic carbocycles. The van der Waals surface area contributed by atoms with Gasteiger partial charge in [-0.1, -0.05) is 0 Å². The maximum atomic E-state index is 12.0. The number of nitrogens with zero attached hydrogens (tertiary/aromatic N) is 1. The van der Waals surface area contributed by atoms with E-state index in [1.807, 2.05) is 6.26 Å². The molecule has 1 aliphatic heterocycles. The fourth-order valence-electron chi connectivity index (χ4n) is 2.07. The molecule has 1 fully saturated rings. The molecule has 1 heterocycles. The number of hydrogen-bond acceptors (Lipinski definition) is 4. The van der Waals surface area contributed by atoms with E-state index in [1.54, 1.807) is 6.92 Å². The lowest BCUT2D eigenvalue weighted by atomic mass is 9.89. The number of carboxylic acids is 1. The lowest BCUT2D eigenvalue weighted by Crippen LogP contribution is -2.48. The van der Waals surface area contributed by atoms with E-state index in [2.05, 4.69) is 5.32 Å². The van der Waals surface area contributed by atoms with Crippen LogP contribution in [0.25, 0.3) is 0 Å². The summed E-state index contributed by atoms with van der Waals surface area (Å²) in [6.07, 6.45) is 2.74. The van der Waals surface area contributed by atoms with Gasteiger partial charge in [0.05, 0.1) is 5.41 Å². The minimum Gasteiger partial charge on any atom is -0.480 e. The molecule has 1 rings (SSSR count). The molecule has 1 unspecified atom stereocenters. The van der Waals surface area contributed by atoms with Crippen LogP contribution in [0.15, 0.2) is 0 Å². The highest BCUT2D eigenvalue weighted by Crippen LogP contribution is 2.29. The second-order valence-corrected chi connectivity index (χ2v) is 6.20. The van der Waals surface area contributed by atoms with E-state index in [-0.39, 0.29) is 6.54 Å². The number of carbonyl (C=O) groups is 3. The second kappa shape index (κ2) is 6.83. The van der Waals surface area contributed by atoms with Gasteiger partial charge in [0.2, 0.25) is 5.91 Å². The van der Waals surface area contributed by atoms with Gasteiger partial charge in [-0.2, -0.15) is 11.8 Å². The minimum absolute atomic E-state index is 0.225. The zero-order valence-corrected chi connectivity index (χ0v) is 12.5. The van der Waals surface area contributed by atoms with E-state index in [4.69, 9.17) is 10.8 Å². The van der Waals surface area contributed by atoms with Crippen molar-refractivity contribution >= 4 is 29.7 Å². The monoisotopic (exact) mass is 303 g/mol. The highest BCUT2D eigenvalue weighted by atomic mass is 32.2. The van der Waals surface area contributed by atoms with Gasteiger partial charge < -0.3 is 21.1 Å². The quantitative estimate of drug-likeness (QED) is 0.644. The van der Waals surface area contributed by atoms with Crippen molar-refractivity contribution in [2.45, 2.75) is 25.8 Å². The van der Waals surface area contributed by atoms with Crippen LogP contribution in [0.5, 0.6) is 0 Å². The summed E-state index contributed by atoms with van der Waals surface area (Å²) in [5.74, 6) is -0.842. The van der Waals surface area contributed by atoms with Gasteiger partial charge in [0.1, 0.15) is 6.04 Å². The van der Waals surface area contributed by atoms with E-state index < -0.39 is 29.4 Å². The number of carbonyl (C=O) groups excluding carboxylic acids is 2. The number of likely N-dealkylation sites (tertiary alicyclic amines) is 1. The number of thioether (sulfide) groups is 1. The van der Waals surface area contributed by atoms with Crippen LogP contribution < -0.4 is 11.1 Å². The summed E-state index contributed by atoms with van der Waals surface area (Å²) in [7, 11) is 0. The predicted molar refractivity (Wildman–Crippen MR) is 76.4 cm³/mol. The summed E-state index contributed by atoms with van der Waals surface area (Å²) in [4.78, 5) is 35.9. The Labute approximate surface area is 122 Å². The molecule has 2 atom stereocenters. The first-order chi connectivity index (χ1) is 9.30. The van der Waals surface area contributed by atoms with Crippen molar-refractivity contribution in [3.05, 3.63) is 0 Å². The predicted octanol–water partition coefficient (Wildman–Crippen LogP) is 0.0996. The molecular formula is C12H21N3O4S. The lowest BCUT2D eigenvalue weighted by molar-refractivity contribution is -0.139. The third kappa shape index (κ3) is 4.03. The number of rotatable bonds is 6. The molecule has 0 aromatic carbocycles. The van der Waals surface area contributed by atoms with E-state index in [1.165, 1.54) is 16.7 Å². The number of amides is 3. The third-order valence-electron chi connectivity index (χ3n) is 3.56. The molecule has 1 saturated heterocycles. The Morgan fingerprint density at radius 1 is 1.50 bits per heavy atom. The average Bonchev–Trinajstić information content (AvgIpc) is 2.78. The molecule has 0 saturated carbocycles. The Hall–Kier alpha value is -1.44. The van der Waals surface area contributed by atoms with Gasteiger partial charge in [0.25, 0.3) is 0 Å². The fourth-order valence-corrected chi connectivity index (χ4v) is 2.54. The summed E-state index contributed by atoms with van der Waals surface area (Å²) in [5, 5.41) is 11.6. The molecule has 0 aromatic rings. The summed E-state index contributed by atoms with van der Waals surface area (Å²) in [6, 6.07) is -1.36. The van der Waals surface area contributed by atoms with Crippen LogP contribution in [0.1, 0.15) is 19.8 Å². The number of nitrogens with one attached hydrogen (secondary N) is 1. The van der Waals surface area contributed by atoms with E-state index in [0.29, 0.717) is 25.1 Å². The summed E-state index contributed by atoms with van der Waals surface area (Å²) < 4.78 is 0. The van der Waals surface area contributed by atoms with Crippen LogP contribution in [-0.2, 0) is 9.59 Å². The molecule has 7 nitrogen and oxygen atoms in total. The molecular weight excluding hydrogens is 282 g/mol. The topological polar surface area (TPSA) is 113 Å². The van der Waals surface area contributed by atoms with E-state index >= 15 is 0 Å². The Balaban J connectivity index is 2.58. The van der Waals surface area contributed by atoms with Crippen LogP contribution in [0.3, 0.4) is 0 Å². The Morgan fingerprint density at radius 2 is 2.15 bits per heavy atom. The minimum atomic E-state index is -1.05. The summed E-state index contributed by atoms with van der Waals surface area (Å²) in [6.45, 7) is 2.34. The van der Waals surface area contributed by atoms with Gasteiger partial charge in [-0.15, -0.1) is 0 Å². The Bertz CT molecular complexity index is 404. The molecule has 0 radical (unpaired) electrons. The molecule has 4 N–H and O–H groups in total. The van der Waals surface area contributed by atoms with Crippen molar-refractivity contribution < 1.29 is 19.5 Å². The number of hydrogen-bond donors (Lipinski definition) is 3. The molecule has 0 spiro atoms. The molecule has 114 valence electrons. The molecule has 20 heavy (non-hydrogen) atoms. The average molecular weight is 303 g/mol. The number of nitrogens with two attached hydrogens (primary N) is 1. The third-order valence-corrected chi connectivity index (χ3v) is 4.21. The number of urea groups is 1. The van der Waals surface area contributed by atoms with Crippen LogP contribution in [0.2, 0.25) is 0 Å². The maximum Gasteiger partial charge on any atom is 0.326 e. The molecule has 8 heteroatoms. The summed E-state index contributed by atoms with van der Waals surface area (Å²) in [5.41, 5.74) is 4.59. The van der Waals surface area contributed by atoms with Crippen molar-refractivity contribution in [3.8, 4) is 0 Å². The second-order valence-electron chi connectivity index (χ2n) is 5.22. The van der Waals surface area contributed by atoms with Gasteiger partial charge in [-0.25, -0.2) is 9.59 Å². The van der Waals surface area contributed by atoms with E-state index in [0.717, 1.165) is 0 Å². The Kier molecular flexibility index (Phi) is 5.67. The molecule has 0 bridgehead atoms. The zero-order valence-electron chi connectivity index (χ0n) is 11.7. The van der Waals surface area contributed by atoms with Crippen molar-refractivity contribution in [1.29, 1.82) is 0 Å². The van der Waals surface area contributed by atoms with Crippen molar-refractivity contribution in [1.82, 2.24) is 10.2 Å². The number of primary amides is 1. The van der Waals surface area contributed by atoms with Gasteiger partial charge in [0.15, 0.2) is 0 Å². The van der Waals surface area contributed by atoms with Gasteiger partial charge >= 0.3 is 12.0 Å². The summed E-state index contributed by atoms with van der Waals surface area (Å²) >= 11 is 1.52. The van der Waals surface area contributed by atoms with Crippen LogP contribution in [-0.4, -0.2) is 59.1 Å². The van der Waals surface area contributed by atoms with Crippen molar-refractivity contribution in [2.24, 2.45) is 11.1 Å². The molecule has 0 aromatic heterocycles. The van der Waals surface area contributed by atoms with Gasteiger partial charge in [-0.05, 0) is 31.8 Å². The van der Waals surface area contributed by atoms with E-state index in [9.17, 15) is 14.4 Å². The maximum absolute atomic E-state index is 12.0. The van der Waals surface area contributed by atoms with Crippen molar-refractivity contribution in [2.75, 3.05) is 25.1 Å². The largest absolute Gasteiger partial charge is 0.480 e. The molecule has 1 aliphatic rings. The Morgan fingerprint density at radius 3 is 2.60 bits per heavy atom. The van der Waals surface area contributed by atoms with Crippen LogP contribution in [0.4, 0.5) is 4.79 Å². The van der Waals surface area contributed by atoms with Crippen molar-refractivity contribution in [3.63, 3.8) is 0 Å². The number of aliphatic carboxylic acids is 1. The molecule has 3 amide bonds. The van der Waals surface area contributed by atoms with Crippen LogP contribution >= 0.6 is 11.8 Å².